The maximum atomic E-state index is 12.0. The van der Waals surface area contributed by atoms with Gasteiger partial charge in [0, 0.05) is 6.54 Å². The largest absolute Gasteiger partial charge is 0.493 e. The molecule has 0 bridgehead atoms. The fourth-order valence-electron chi connectivity index (χ4n) is 2.14. The molecule has 0 spiro atoms. The van der Waals surface area contributed by atoms with Crippen molar-refractivity contribution >= 4 is 5.91 Å². The van der Waals surface area contributed by atoms with Gasteiger partial charge in [-0.2, -0.15) is 5.26 Å². The molecule has 0 aliphatic rings. The van der Waals surface area contributed by atoms with Crippen molar-refractivity contribution < 1.29 is 14.3 Å². The van der Waals surface area contributed by atoms with Gasteiger partial charge in [-0.1, -0.05) is 18.2 Å². The molecule has 0 radical (unpaired) electrons. The smallest absolute Gasteiger partial charge is 0.224 e. The Hall–Kier alpha value is -3.00. The van der Waals surface area contributed by atoms with Gasteiger partial charge in [-0.3, -0.25) is 4.79 Å². The summed E-state index contributed by atoms with van der Waals surface area (Å²) in [6, 6.07) is 14.6. The van der Waals surface area contributed by atoms with Crippen LogP contribution in [0.15, 0.2) is 42.5 Å². The van der Waals surface area contributed by atoms with Gasteiger partial charge >= 0.3 is 0 Å². The minimum atomic E-state index is -0.0819. The van der Waals surface area contributed by atoms with Gasteiger partial charge < -0.3 is 14.8 Å². The van der Waals surface area contributed by atoms with E-state index in [9.17, 15) is 4.79 Å². The number of hydrogen-bond acceptors (Lipinski definition) is 4. The van der Waals surface area contributed by atoms with Crippen molar-refractivity contribution in [2.45, 2.75) is 13.0 Å². The standard InChI is InChI=1S/C18H18N2O3/c1-22-16-8-7-15(9-17(16)23-2)10-18(21)20-12-14-5-3-13(11-19)4-6-14/h3-9H,10,12H2,1-2H3,(H,20,21). The molecule has 0 aliphatic heterocycles. The molecule has 0 fully saturated rings. The highest BCUT2D eigenvalue weighted by atomic mass is 16.5. The zero-order valence-electron chi connectivity index (χ0n) is 13.1. The molecule has 118 valence electrons. The molecule has 0 aliphatic carbocycles. The summed E-state index contributed by atoms with van der Waals surface area (Å²) in [6.07, 6.45) is 0.261. The van der Waals surface area contributed by atoms with E-state index in [4.69, 9.17) is 14.7 Å². The quantitative estimate of drug-likeness (QED) is 0.889. The van der Waals surface area contributed by atoms with Crippen LogP contribution in [0.1, 0.15) is 16.7 Å². The third-order valence-electron chi connectivity index (χ3n) is 3.39. The van der Waals surface area contributed by atoms with E-state index in [0.717, 1.165) is 11.1 Å². The Labute approximate surface area is 135 Å². The summed E-state index contributed by atoms with van der Waals surface area (Å²) in [5, 5.41) is 11.6. The molecule has 0 atom stereocenters. The van der Waals surface area contributed by atoms with Crippen molar-refractivity contribution in [3.63, 3.8) is 0 Å². The van der Waals surface area contributed by atoms with Crippen LogP contribution < -0.4 is 14.8 Å². The molecule has 1 amide bonds. The van der Waals surface area contributed by atoms with E-state index >= 15 is 0 Å². The predicted octanol–water partition coefficient (Wildman–Crippen LogP) is 2.43. The first kappa shape index (κ1) is 16.4. The zero-order valence-corrected chi connectivity index (χ0v) is 13.1. The van der Waals surface area contributed by atoms with Crippen LogP contribution in [0.4, 0.5) is 0 Å². The summed E-state index contributed by atoms with van der Waals surface area (Å²) >= 11 is 0. The van der Waals surface area contributed by atoms with Gasteiger partial charge in [0.2, 0.25) is 5.91 Å². The van der Waals surface area contributed by atoms with Crippen LogP contribution in [-0.4, -0.2) is 20.1 Å². The van der Waals surface area contributed by atoms with Crippen molar-refractivity contribution in [2.24, 2.45) is 0 Å². The number of nitrogens with zero attached hydrogens (tertiary/aromatic N) is 1. The average molecular weight is 310 g/mol. The third kappa shape index (κ3) is 4.48. The molecule has 0 aromatic heterocycles. The van der Waals surface area contributed by atoms with E-state index in [1.165, 1.54) is 0 Å². The second-order valence-corrected chi connectivity index (χ2v) is 4.95. The highest BCUT2D eigenvalue weighted by Crippen LogP contribution is 2.27. The van der Waals surface area contributed by atoms with Crippen LogP contribution in [0.2, 0.25) is 0 Å². The van der Waals surface area contributed by atoms with Gasteiger partial charge in [0.15, 0.2) is 11.5 Å². The molecule has 2 rings (SSSR count). The predicted molar refractivity (Wildman–Crippen MR) is 86.3 cm³/mol. The number of amides is 1. The number of benzene rings is 2. The van der Waals surface area contributed by atoms with Crippen molar-refractivity contribution in [3.05, 3.63) is 59.2 Å². The Morgan fingerprint density at radius 3 is 2.30 bits per heavy atom. The average Bonchev–Trinajstić information content (AvgIpc) is 2.60. The number of nitrogens with one attached hydrogen (secondary N) is 1. The van der Waals surface area contributed by atoms with Crippen molar-refractivity contribution in [3.8, 4) is 17.6 Å². The fraction of sp³-hybridized carbons (Fsp3) is 0.222. The molecule has 1 N–H and O–H groups in total. The summed E-state index contributed by atoms with van der Waals surface area (Å²) < 4.78 is 10.4. The first-order valence-electron chi connectivity index (χ1n) is 7.13. The van der Waals surface area contributed by atoms with Crippen LogP contribution in [0.5, 0.6) is 11.5 Å². The van der Waals surface area contributed by atoms with Gasteiger partial charge in [0.1, 0.15) is 0 Å². The van der Waals surface area contributed by atoms with Crippen LogP contribution in [0, 0.1) is 11.3 Å². The maximum Gasteiger partial charge on any atom is 0.224 e. The lowest BCUT2D eigenvalue weighted by molar-refractivity contribution is -0.120. The van der Waals surface area contributed by atoms with Gasteiger partial charge in [0.05, 0.1) is 32.3 Å². The Morgan fingerprint density at radius 2 is 1.70 bits per heavy atom. The molecule has 23 heavy (non-hydrogen) atoms. The van der Waals surface area contributed by atoms with E-state index in [0.29, 0.717) is 23.6 Å². The molecule has 2 aromatic rings. The number of hydrogen-bond donors (Lipinski definition) is 1. The first-order valence-corrected chi connectivity index (χ1v) is 7.13. The van der Waals surface area contributed by atoms with Crippen molar-refractivity contribution in [1.82, 2.24) is 5.32 Å². The molecule has 5 heteroatoms. The Balaban J connectivity index is 1.92. The summed E-state index contributed by atoms with van der Waals surface area (Å²) in [5.41, 5.74) is 2.40. The molecule has 0 unspecified atom stereocenters. The summed E-state index contributed by atoms with van der Waals surface area (Å²) in [6.45, 7) is 0.428. The van der Waals surface area contributed by atoms with Crippen LogP contribution in [-0.2, 0) is 17.8 Å². The van der Waals surface area contributed by atoms with Gasteiger partial charge in [-0.15, -0.1) is 0 Å². The Morgan fingerprint density at radius 1 is 1.04 bits per heavy atom. The normalized spacial score (nSPS) is 9.78. The number of ether oxygens (including phenoxy) is 2. The maximum absolute atomic E-state index is 12.0. The summed E-state index contributed by atoms with van der Waals surface area (Å²) in [4.78, 5) is 12.0. The van der Waals surface area contributed by atoms with Gasteiger partial charge in [-0.25, -0.2) is 0 Å². The fourth-order valence-corrected chi connectivity index (χ4v) is 2.14. The van der Waals surface area contributed by atoms with Gasteiger partial charge in [-0.05, 0) is 35.4 Å². The van der Waals surface area contributed by atoms with Crippen LogP contribution in [0.3, 0.4) is 0 Å². The van der Waals surface area contributed by atoms with E-state index in [1.54, 1.807) is 38.5 Å². The number of methoxy groups -OCH3 is 2. The number of nitriles is 1. The number of rotatable bonds is 6. The van der Waals surface area contributed by atoms with Crippen LogP contribution >= 0.6 is 0 Å². The lowest BCUT2D eigenvalue weighted by Gasteiger charge is -2.10. The SMILES string of the molecule is COc1ccc(CC(=O)NCc2ccc(C#N)cc2)cc1OC. The molecule has 5 nitrogen and oxygen atoms in total. The molecular weight excluding hydrogens is 292 g/mol. The molecule has 2 aromatic carbocycles. The highest BCUT2D eigenvalue weighted by Gasteiger charge is 2.08. The second kappa shape index (κ2) is 7.85. The lowest BCUT2D eigenvalue weighted by atomic mass is 10.1. The minimum absolute atomic E-state index is 0.0819. The topological polar surface area (TPSA) is 71.3 Å². The van der Waals surface area contributed by atoms with E-state index in [2.05, 4.69) is 11.4 Å². The first-order chi connectivity index (χ1) is 11.2. The third-order valence-corrected chi connectivity index (χ3v) is 3.39. The lowest BCUT2D eigenvalue weighted by Crippen LogP contribution is -2.24. The Bertz CT molecular complexity index is 718. The molecule has 0 saturated carbocycles. The van der Waals surface area contributed by atoms with Crippen molar-refractivity contribution in [1.29, 1.82) is 5.26 Å². The van der Waals surface area contributed by atoms with E-state index < -0.39 is 0 Å². The summed E-state index contributed by atoms with van der Waals surface area (Å²) in [7, 11) is 3.13. The monoisotopic (exact) mass is 310 g/mol. The van der Waals surface area contributed by atoms with Crippen molar-refractivity contribution in [2.75, 3.05) is 14.2 Å². The van der Waals surface area contributed by atoms with E-state index in [-0.39, 0.29) is 12.3 Å². The second-order valence-electron chi connectivity index (χ2n) is 4.95. The van der Waals surface area contributed by atoms with E-state index in [1.807, 2.05) is 18.2 Å². The number of carbonyl (C=O) groups is 1. The zero-order chi connectivity index (χ0) is 16.7. The van der Waals surface area contributed by atoms with Crippen LogP contribution in [0.25, 0.3) is 0 Å². The molecule has 0 saturated heterocycles. The number of carbonyl (C=O) groups excluding carboxylic acids is 1. The van der Waals surface area contributed by atoms with Gasteiger partial charge in [0.25, 0.3) is 0 Å². The Kier molecular flexibility index (Phi) is 5.59. The molecular formula is C18H18N2O3. The minimum Gasteiger partial charge on any atom is -0.493 e. The summed E-state index contributed by atoms with van der Waals surface area (Å²) in [5.74, 6) is 1.15. The highest BCUT2D eigenvalue weighted by molar-refractivity contribution is 5.78. The molecule has 0 heterocycles.